The topological polar surface area (TPSA) is 51.0 Å². The van der Waals surface area contributed by atoms with Gasteiger partial charge in [0.15, 0.2) is 0 Å². The number of rotatable bonds is 5. The molecule has 0 saturated heterocycles. The van der Waals surface area contributed by atoms with Crippen LogP contribution in [0, 0.1) is 6.92 Å². The number of aryl methyl sites for hydroxylation is 1. The summed E-state index contributed by atoms with van der Waals surface area (Å²) in [4.78, 5) is 0. The molecule has 2 rings (SSSR count). The Morgan fingerprint density at radius 1 is 1.10 bits per heavy atom. The average Bonchev–Trinajstić information content (AvgIpc) is 2.78. The van der Waals surface area contributed by atoms with E-state index in [1.807, 2.05) is 12.1 Å². The number of nitrogens with zero attached hydrogens (tertiary/aromatic N) is 2. The third-order valence-electron chi connectivity index (χ3n) is 3.11. The Hall–Kier alpha value is -1.68. The zero-order valence-corrected chi connectivity index (χ0v) is 12.7. The summed E-state index contributed by atoms with van der Waals surface area (Å²) in [6.45, 7) is 9.37. The first-order chi connectivity index (χ1) is 9.44. The van der Waals surface area contributed by atoms with E-state index in [0.29, 0.717) is 18.2 Å². The van der Waals surface area contributed by atoms with Gasteiger partial charge in [-0.25, -0.2) is 0 Å². The minimum absolute atomic E-state index is 0.115. The van der Waals surface area contributed by atoms with Crippen LogP contribution in [0.5, 0.6) is 0 Å². The Kier molecular flexibility index (Phi) is 4.55. The first kappa shape index (κ1) is 14.7. The minimum Gasteiger partial charge on any atom is -0.425 e. The zero-order valence-electron chi connectivity index (χ0n) is 12.7. The van der Waals surface area contributed by atoms with E-state index in [0.717, 1.165) is 13.0 Å². The molecular formula is C16H23N3O. The molecule has 0 aliphatic rings. The van der Waals surface area contributed by atoms with Crippen LogP contribution in [0.2, 0.25) is 0 Å². The molecule has 1 aromatic heterocycles. The van der Waals surface area contributed by atoms with E-state index in [-0.39, 0.29) is 5.54 Å². The van der Waals surface area contributed by atoms with Gasteiger partial charge in [0.25, 0.3) is 0 Å². The van der Waals surface area contributed by atoms with Crippen molar-refractivity contribution in [3.63, 3.8) is 0 Å². The molecule has 0 aliphatic carbocycles. The monoisotopic (exact) mass is 273 g/mol. The van der Waals surface area contributed by atoms with Crippen LogP contribution in [-0.4, -0.2) is 22.3 Å². The van der Waals surface area contributed by atoms with Crippen molar-refractivity contribution in [2.24, 2.45) is 0 Å². The van der Waals surface area contributed by atoms with Crippen molar-refractivity contribution in [1.29, 1.82) is 0 Å². The largest absolute Gasteiger partial charge is 0.425 e. The highest BCUT2D eigenvalue weighted by atomic mass is 16.4. The molecule has 0 spiro atoms. The normalized spacial score (nSPS) is 11.8. The molecule has 0 amide bonds. The summed E-state index contributed by atoms with van der Waals surface area (Å²) in [6.07, 6.45) is 1.46. The number of benzene rings is 1. The van der Waals surface area contributed by atoms with E-state index in [1.165, 1.54) is 11.1 Å². The zero-order chi connectivity index (χ0) is 14.6. The minimum atomic E-state index is 0.115. The molecule has 0 fully saturated rings. The first-order valence-electron chi connectivity index (χ1n) is 7.05. The van der Waals surface area contributed by atoms with E-state index in [1.54, 1.807) is 0 Å². The third kappa shape index (κ3) is 4.46. The number of aromatic nitrogens is 2. The quantitative estimate of drug-likeness (QED) is 0.910. The van der Waals surface area contributed by atoms with Crippen LogP contribution in [-0.2, 0) is 12.8 Å². The third-order valence-corrected chi connectivity index (χ3v) is 3.11. The fourth-order valence-electron chi connectivity index (χ4n) is 1.98. The molecule has 1 aromatic carbocycles. The van der Waals surface area contributed by atoms with Gasteiger partial charge in [0, 0.05) is 18.5 Å². The molecule has 1 N–H and O–H groups in total. The molecule has 0 atom stereocenters. The summed E-state index contributed by atoms with van der Waals surface area (Å²) in [5.41, 5.74) is 2.60. The second-order valence-electron chi connectivity index (χ2n) is 6.12. The lowest BCUT2D eigenvalue weighted by atomic mass is 10.1. The van der Waals surface area contributed by atoms with E-state index in [9.17, 15) is 0 Å². The predicted molar refractivity (Wildman–Crippen MR) is 79.7 cm³/mol. The van der Waals surface area contributed by atoms with Gasteiger partial charge in [-0.3, -0.25) is 0 Å². The molecule has 4 heteroatoms. The Morgan fingerprint density at radius 3 is 2.50 bits per heavy atom. The maximum absolute atomic E-state index is 5.70. The summed E-state index contributed by atoms with van der Waals surface area (Å²) < 4.78 is 5.70. The van der Waals surface area contributed by atoms with E-state index >= 15 is 0 Å². The standard InChI is InChI=1S/C16H23N3O/c1-12-7-5-6-8-13(12)11-15-19-18-14(20-15)9-10-17-16(2,3)4/h5-8,17H,9-11H2,1-4H3. The molecule has 0 aliphatic heterocycles. The Balaban J connectivity index is 1.91. The number of hydrogen-bond acceptors (Lipinski definition) is 4. The van der Waals surface area contributed by atoms with Gasteiger partial charge in [-0.15, -0.1) is 10.2 Å². The van der Waals surface area contributed by atoms with Crippen molar-refractivity contribution in [2.45, 2.75) is 46.1 Å². The van der Waals surface area contributed by atoms with E-state index in [4.69, 9.17) is 4.42 Å². The second-order valence-corrected chi connectivity index (χ2v) is 6.12. The van der Waals surface area contributed by atoms with Crippen LogP contribution < -0.4 is 5.32 Å². The molecule has 0 radical (unpaired) electrons. The van der Waals surface area contributed by atoms with Gasteiger partial charge in [0.2, 0.25) is 11.8 Å². The Morgan fingerprint density at radius 2 is 1.80 bits per heavy atom. The van der Waals surface area contributed by atoms with Gasteiger partial charge in [0.05, 0.1) is 6.42 Å². The second kappa shape index (κ2) is 6.18. The van der Waals surface area contributed by atoms with Crippen LogP contribution in [0.25, 0.3) is 0 Å². The van der Waals surface area contributed by atoms with Crippen molar-refractivity contribution >= 4 is 0 Å². The van der Waals surface area contributed by atoms with E-state index in [2.05, 4.69) is 55.3 Å². The summed E-state index contributed by atoms with van der Waals surface area (Å²) in [5.74, 6) is 1.38. The van der Waals surface area contributed by atoms with Crippen LogP contribution in [0.3, 0.4) is 0 Å². The van der Waals surface area contributed by atoms with Gasteiger partial charge < -0.3 is 9.73 Å². The lowest BCUT2D eigenvalue weighted by Gasteiger charge is -2.19. The maximum Gasteiger partial charge on any atom is 0.220 e. The van der Waals surface area contributed by atoms with Gasteiger partial charge in [-0.1, -0.05) is 24.3 Å². The smallest absolute Gasteiger partial charge is 0.220 e. The van der Waals surface area contributed by atoms with Gasteiger partial charge in [0.1, 0.15) is 0 Å². The summed E-state index contributed by atoms with van der Waals surface area (Å²) in [6, 6.07) is 8.27. The lowest BCUT2D eigenvalue weighted by molar-refractivity contribution is 0.403. The number of hydrogen-bond donors (Lipinski definition) is 1. The van der Waals surface area contributed by atoms with Crippen molar-refractivity contribution in [3.8, 4) is 0 Å². The molecule has 0 unspecified atom stereocenters. The molecule has 108 valence electrons. The van der Waals surface area contributed by atoms with Crippen molar-refractivity contribution in [3.05, 3.63) is 47.2 Å². The highest BCUT2D eigenvalue weighted by Gasteiger charge is 2.11. The lowest BCUT2D eigenvalue weighted by Crippen LogP contribution is -2.37. The molecule has 20 heavy (non-hydrogen) atoms. The highest BCUT2D eigenvalue weighted by molar-refractivity contribution is 5.27. The fourth-order valence-corrected chi connectivity index (χ4v) is 1.98. The molecule has 0 saturated carbocycles. The highest BCUT2D eigenvalue weighted by Crippen LogP contribution is 2.13. The fraction of sp³-hybridized carbons (Fsp3) is 0.500. The van der Waals surface area contributed by atoms with Crippen molar-refractivity contribution in [1.82, 2.24) is 15.5 Å². The molecule has 2 aromatic rings. The van der Waals surface area contributed by atoms with Crippen LogP contribution in [0.1, 0.15) is 43.7 Å². The average molecular weight is 273 g/mol. The van der Waals surface area contributed by atoms with Gasteiger partial charge in [-0.2, -0.15) is 0 Å². The maximum atomic E-state index is 5.70. The SMILES string of the molecule is Cc1ccccc1Cc1nnc(CCNC(C)(C)C)o1. The van der Waals surface area contributed by atoms with Crippen LogP contribution in [0.4, 0.5) is 0 Å². The Labute approximate surface area is 120 Å². The number of nitrogens with one attached hydrogen (secondary N) is 1. The molecule has 0 bridgehead atoms. The molecule has 4 nitrogen and oxygen atoms in total. The van der Waals surface area contributed by atoms with Crippen LogP contribution in [0.15, 0.2) is 28.7 Å². The van der Waals surface area contributed by atoms with Crippen molar-refractivity contribution in [2.75, 3.05) is 6.54 Å². The van der Waals surface area contributed by atoms with Gasteiger partial charge in [-0.05, 0) is 38.8 Å². The predicted octanol–water partition coefficient (Wildman–Crippen LogP) is 2.90. The summed E-state index contributed by atoms with van der Waals surface area (Å²) in [7, 11) is 0. The molecular weight excluding hydrogens is 250 g/mol. The summed E-state index contributed by atoms with van der Waals surface area (Å²) in [5, 5.41) is 11.6. The van der Waals surface area contributed by atoms with Crippen LogP contribution >= 0.6 is 0 Å². The van der Waals surface area contributed by atoms with E-state index < -0.39 is 0 Å². The van der Waals surface area contributed by atoms with Gasteiger partial charge >= 0.3 is 0 Å². The Bertz CT molecular complexity index is 555. The first-order valence-corrected chi connectivity index (χ1v) is 7.05. The summed E-state index contributed by atoms with van der Waals surface area (Å²) >= 11 is 0. The van der Waals surface area contributed by atoms with Crippen molar-refractivity contribution < 1.29 is 4.42 Å². The molecule has 1 heterocycles.